The fraction of sp³-hybridized carbons (Fsp3) is 0.316. The highest BCUT2D eigenvalue weighted by Gasteiger charge is 2.30. The number of rotatable bonds is 4. The first-order chi connectivity index (χ1) is 11.0. The van der Waals surface area contributed by atoms with Gasteiger partial charge in [0.15, 0.2) is 5.11 Å². The van der Waals surface area contributed by atoms with E-state index in [0.717, 1.165) is 29.2 Å². The van der Waals surface area contributed by atoms with E-state index in [1.165, 1.54) is 23.3 Å². The zero-order valence-electron chi connectivity index (χ0n) is 13.5. The lowest BCUT2D eigenvalue weighted by Crippen LogP contribution is -2.36. The van der Waals surface area contributed by atoms with Gasteiger partial charge in [0.2, 0.25) is 0 Å². The Kier molecular flexibility index (Phi) is 4.62. The van der Waals surface area contributed by atoms with E-state index in [1.807, 2.05) is 12.1 Å². The zero-order valence-corrected chi connectivity index (χ0v) is 14.3. The van der Waals surface area contributed by atoms with E-state index < -0.39 is 0 Å². The van der Waals surface area contributed by atoms with Gasteiger partial charge in [-0.2, -0.15) is 0 Å². The average molecular weight is 328 g/mol. The molecule has 0 heterocycles. The molecule has 1 aliphatic carbocycles. The van der Waals surface area contributed by atoms with Crippen LogP contribution in [0.25, 0.3) is 0 Å². The third-order valence-electron chi connectivity index (χ3n) is 4.27. The molecule has 120 valence electrons. The van der Waals surface area contributed by atoms with E-state index in [2.05, 4.69) is 42.3 Å². The molecule has 0 unspecified atom stereocenters. The van der Waals surface area contributed by atoms with Crippen molar-refractivity contribution in [3.63, 3.8) is 0 Å². The topological polar surface area (TPSA) is 15.3 Å². The summed E-state index contributed by atoms with van der Waals surface area (Å²) in [5.41, 5.74) is 4.60. The van der Waals surface area contributed by atoms with Crippen LogP contribution in [0, 0.1) is 19.7 Å². The summed E-state index contributed by atoms with van der Waals surface area (Å²) in [7, 11) is 0. The lowest BCUT2D eigenvalue weighted by Gasteiger charge is -2.26. The van der Waals surface area contributed by atoms with Crippen molar-refractivity contribution < 1.29 is 4.39 Å². The van der Waals surface area contributed by atoms with E-state index in [9.17, 15) is 4.39 Å². The second-order valence-corrected chi connectivity index (χ2v) is 6.60. The highest BCUT2D eigenvalue weighted by Crippen LogP contribution is 2.29. The third kappa shape index (κ3) is 4.08. The predicted molar refractivity (Wildman–Crippen MR) is 97.1 cm³/mol. The van der Waals surface area contributed by atoms with Crippen molar-refractivity contribution >= 4 is 23.0 Å². The molecule has 1 fully saturated rings. The Balaban J connectivity index is 1.71. The highest BCUT2D eigenvalue weighted by molar-refractivity contribution is 7.80. The minimum Gasteiger partial charge on any atom is -0.342 e. The van der Waals surface area contributed by atoms with Gasteiger partial charge in [-0.3, -0.25) is 0 Å². The number of benzene rings is 2. The Hall–Kier alpha value is -1.94. The van der Waals surface area contributed by atoms with Crippen LogP contribution in [-0.2, 0) is 6.54 Å². The molecule has 0 aromatic heterocycles. The number of nitrogens with one attached hydrogen (secondary N) is 1. The van der Waals surface area contributed by atoms with Crippen LogP contribution < -0.4 is 5.32 Å². The molecule has 0 aliphatic heterocycles. The normalized spacial score (nSPS) is 13.7. The van der Waals surface area contributed by atoms with Gasteiger partial charge in [0.05, 0.1) is 0 Å². The summed E-state index contributed by atoms with van der Waals surface area (Å²) in [4.78, 5) is 2.21. The van der Waals surface area contributed by atoms with Gasteiger partial charge >= 0.3 is 0 Å². The molecule has 1 aliphatic rings. The van der Waals surface area contributed by atoms with Crippen molar-refractivity contribution in [2.45, 2.75) is 39.3 Å². The van der Waals surface area contributed by atoms with Crippen LogP contribution in [0.15, 0.2) is 42.5 Å². The Morgan fingerprint density at radius 1 is 1.13 bits per heavy atom. The molecule has 0 spiro atoms. The van der Waals surface area contributed by atoms with Crippen LogP contribution in [0.5, 0.6) is 0 Å². The van der Waals surface area contributed by atoms with Gasteiger partial charge in [-0.15, -0.1) is 0 Å². The van der Waals surface area contributed by atoms with Crippen LogP contribution in [0.4, 0.5) is 10.1 Å². The first kappa shape index (κ1) is 15.9. The predicted octanol–water partition coefficient (Wildman–Crippen LogP) is 4.80. The van der Waals surface area contributed by atoms with Crippen molar-refractivity contribution in [3.05, 3.63) is 65.0 Å². The van der Waals surface area contributed by atoms with Gasteiger partial charge in [-0.25, -0.2) is 4.39 Å². The molecule has 0 radical (unpaired) electrons. The number of hydrogen-bond acceptors (Lipinski definition) is 1. The number of halogens is 1. The number of aryl methyl sites for hydroxylation is 2. The maximum absolute atomic E-state index is 13.1. The minimum absolute atomic E-state index is 0.206. The van der Waals surface area contributed by atoms with Crippen LogP contribution in [0.1, 0.15) is 29.5 Å². The van der Waals surface area contributed by atoms with Gasteiger partial charge in [0.25, 0.3) is 0 Å². The van der Waals surface area contributed by atoms with Crippen LogP contribution in [-0.4, -0.2) is 16.1 Å². The van der Waals surface area contributed by atoms with Gasteiger partial charge in [0.1, 0.15) is 5.82 Å². The molecule has 0 bridgehead atoms. The molecule has 4 heteroatoms. The van der Waals surface area contributed by atoms with E-state index >= 15 is 0 Å². The summed E-state index contributed by atoms with van der Waals surface area (Å²) in [5.74, 6) is -0.206. The number of hydrogen-bond donors (Lipinski definition) is 1. The number of thiocarbonyl (C=S) groups is 1. The van der Waals surface area contributed by atoms with Gasteiger partial charge in [-0.1, -0.05) is 18.2 Å². The standard InChI is InChI=1S/C19H21FN2S/c1-13-3-8-17(11-14(13)2)21-19(23)22(18-9-10-18)12-15-4-6-16(20)7-5-15/h3-8,11,18H,9-10,12H2,1-2H3,(H,21,23). The summed E-state index contributed by atoms with van der Waals surface area (Å²) < 4.78 is 13.1. The maximum atomic E-state index is 13.1. The van der Waals surface area contributed by atoms with Crippen LogP contribution in [0.3, 0.4) is 0 Å². The molecule has 2 nitrogen and oxygen atoms in total. The third-order valence-corrected chi connectivity index (χ3v) is 4.61. The summed E-state index contributed by atoms with van der Waals surface area (Å²) in [5, 5.41) is 4.08. The monoisotopic (exact) mass is 328 g/mol. The SMILES string of the molecule is Cc1ccc(NC(=S)N(Cc2ccc(F)cc2)C2CC2)cc1C. The fourth-order valence-corrected chi connectivity index (χ4v) is 2.89. The first-order valence-electron chi connectivity index (χ1n) is 7.92. The van der Waals surface area contributed by atoms with Crippen molar-refractivity contribution in [1.82, 2.24) is 4.90 Å². The summed E-state index contributed by atoms with van der Waals surface area (Å²) in [6.45, 7) is 4.91. The van der Waals surface area contributed by atoms with Gasteiger partial charge in [0, 0.05) is 18.3 Å². The summed E-state index contributed by atoms with van der Waals surface area (Å²) in [6, 6.07) is 13.4. The molecule has 2 aromatic rings. The molecule has 0 amide bonds. The maximum Gasteiger partial charge on any atom is 0.173 e. The lowest BCUT2D eigenvalue weighted by molar-refractivity contribution is 0.409. The molecule has 1 N–H and O–H groups in total. The molecule has 0 saturated heterocycles. The second kappa shape index (κ2) is 6.67. The lowest BCUT2D eigenvalue weighted by atomic mass is 10.1. The molecule has 1 saturated carbocycles. The first-order valence-corrected chi connectivity index (χ1v) is 8.33. The van der Waals surface area contributed by atoms with E-state index in [1.54, 1.807) is 0 Å². The Morgan fingerprint density at radius 3 is 2.43 bits per heavy atom. The largest absolute Gasteiger partial charge is 0.342 e. The summed E-state index contributed by atoms with van der Waals surface area (Å²) in [6.07, 6.45) is 2.33. The van der Waals surface area contributed by atoms with Crippen molar-refractivity contribution in [2.75, 3.05) is 5.32 Å². The average Bonchev–Trinajstić information content (AvgIpc) is 3.35. The number of anilines is 1. The van der Waals surface area contributed by atoms with Crippen molar-refractivity contribution in [1.29, 1.82) is 0 Å². The fourth-order valence-electron chi connectivity index (χ4n) is 2.55. The quantitative estimate of drug-likeness (QED) is 0.811. The Morgan fingerprint density at radius 2 is 1.83 bits per heavy atom. The molecular weight excluding hydrogens is 307 g/mol. The van der Waals surface area contributed by atoms with Crippen molar-refractivity contribution in [3.8, 4) is 0 Å². The minimum atomic E-state index is -0.206. The number of nitrogens with zero attached hydrogens (tertiary/aromatic N) is 1. The van der Waals surface area contributed by atoms with E-state index in [0.29, 0.717) is 12.6 Å². The molecular formula is C19H21FN2S. The van der Waals surface area contributed by atoms with E-state index in [4.69, 9.17) is 12.2 Å². The van der Waals surface area contributed by atoms with Gasteiger partial charge in [-0.05, 0) is 79.9 Å². The molecule has 23 heavy (non-hydrogen) atoms. The smallest absolute Gasteiger partial charge is 0.173 e. The van der Waals surface area contributed by atoms with Crippen LogP contribution in [0.2, 0.25) is 0 Å². The van der Waals surface area contributed by atoms with Crippen LogP contribution >= 0.6 is 12.2 Å². The Labute approximate surface area is 142 Å². The zero-order chi connectivity index (χ0) is 16.4. The highest BCUT2D eigenvalue weighted by atomic mass is 32.1. The van der Waals surface area contributed by atoms with Crippen molar-refractivity contribution in [2.24, 2.45) is 0 Å². The second-order valence-electron chi connectivity index (χ2n) is 6.21. The van der Waals surface area contributed by atoms with E-state index in [-0.39, 0.29) is 5.82 Å². The van der Waals surface area contributed by atoms with Gasteiger partial charge < -0.3 is 10.2 Å². The molecule has 3 rings (SSSR count). The molecule has 0 atom stereocenters. The summed E-state index contributed by atoms with van der Waals surface area (Å²) >= 11 is 5.62. The Bertz CT molecular complexity index is 708. The molecule has 2 aromatic carbocycles.